The highest BCUT2D eigenvalue weighted by molar-refractivity contribution is 7.88. The van der Waals surface area contributed by atoms with Gasteiger partial charge in [0.15, 0.2) is 0 Å². The van der Waals surface area contributed by atoms with Crippen LogP contribution in [0.15, 0.2) is 48.5 Å². The zero-order valence-corrected chi connectivity index (χ0v) is 16.6. The van der Waals surface area contributed by atoms with Gasteiger partial charge in [-0.25, -0.2) is 12.7 Å². The first-order valence-corrected chi connectivity index (χ1v) is 10.9. The number of rotatable bonds is 5. The molecule has 0 aromatic heterocycles. The van der Waals surface area contributed by atoms with Gasteiger partial charge in [0.25, 0.3) is 0 Å². The molecule has 27 heavy (non-hydrogen) atoms. The largest absolute Gasteiger partial charge is 0.326 e. The summed E-state index contributed by atoms with van der Waals surface area (Å²) in [6, 6.07) is 15.0. The summed E-state index contributed by atoms with van der Waals surface area (Å²) in [6.45, 7) is 4.68. The summed E-state index contributed by atoms with van der Waals surface area (Å²) in [6.07, 6.45) is 1.40. The molecule has 6 heteroatoms. The second-order valence-corrected chi connectivity index (χ2v) is 9.22. The number of anilines is 1. The summed E-state index contributed by atoms with van der Waals surface area (Å²) >= 11 is 0. The molecule has 1 aliphatic rings. The van der Waals surface area contributed by atoms with Crippen LogP contribution in [0.3, 0.4) is 0 Å². The molecule has 1 fully saturated rings. The van der Waals surface area contributed by atoms with Gasteiger partial charge in [-0.1, -0.05) is 48.0 Å². The van der Waals surface area contributed by atoms with Crippen LogP contribution in [0.4, 0.5) is 5.69 Å². The van der Waals surface area contributed by atoms with Crippen molar-refractivity contribution in [2.24, 2.45) is 5.92 Å². The molecule has 1 atom stereocenters. The quantitative estimate of drug-likeness (QED) is 0.855. The van der Waals surface area contributed by atoms with E-state index in [0.717, 1.165) is 22.4 Å². The van der Waals surface area contributed by atoms with Crippen molar-refractivity contribution in [2.75, 3.05) is 18.4 Å². The summed E-state index contributed by atoms with van der Waals surface area (Å²) < 4.78 is 27.0. The van der Waals surface area contributed by atoms with E-state index in [1.165, 1.54) is 4.31 Å². The maximum absolute atomic E-state index is 12.8. The van der Waals surface area contributed by atoms with Crippen LogP contribution >= 0.6 is 0 Å². The van der Waals surface area contributed by atoms with E-state index in [0.29, 0.717) is 19.4 Å². The molecule has 2 aromatic carbocycles. The highest BCUT2D eigenvalue weighted by atomic mass is 32.2. The maximum atomic E-state index is 12.8. The molecule has 1 amide bonds. The molecule has 0 spiro atoms. The number of piperidine rings is 1. The SMILES string of the molecule is Cc1ccc(NC(=O)[C@@H]2CCCN(S(=O)(=O)Cc3ccccc3)C2)c(C)c1. The number of hydrogen-bond acceptors (Lipinski definition) is 3. The highest BCUT2D eigenvalue weighted by Gasteiger charge is 2.32. The van der Waals surface area contributed by atoms with Crippen LogP contribution in [0.2, 0.25) is 0 Å². The third-order valence-corrected chi connectivity index (χ3v) is 6.80. The van der Waals surface area contributed by atoms with Crippen molar-refractivity contribution < 1.29 is 13.2 Å². The van der Waals surface area contributed by atoms with E-state index in [9.17, 15) is 13.2 Å². The monoisotopic (exact) mass is 386 g/mol. The number of sulfonamides is 1. The van der Waals surface area contributed by atoms with E-state index < -0.39 is 10.0 Å². The number of nitrogens with zero attached hydrogens (tertiary/aromatic N) is 1. The van der Waals surface area contributed by atoms with Gasteiger partial charge in [-0.15, -0.1) is 0 Å². The van der Waals surface area contributed by atoms with E-state index >= 15 is 0 Å². The normalized spacial score (nSPS) is 18.2. The van der Waals surface area contributed by atoms with Gasteiger partial charge >= 0.3 is 0 Å². The van der Waals surface area contributed by atoms with Crippen molar-refractivity contribution in [3.63, 3.8) is 0 Å². The molecule has 5 nitrogen and oxygen atoms in total. The fourth-order valence-corrected chi connectivity index (χ4v) is 5.08. The zero-order chi connectivity index (χ0) is 19.4. The molecule has 0 saturated carbocycles. The number of hydrogen-bond donors (Lipinski definition) is 1. The Hall–Kier alpha value is -2.18. The van der Waals surface area contributed by atoms with E-state index in [2.05, 4.69) is 5.32 Å². The summed E-state index contributed by atoms with van der Waals surface area (Å²) in [5, 5.41) is 2.97. The van der Waals surface area contributed by atoms with Crippen LogP contribution in [0, 0.1) is 19.8 Å². The Morgan fingerprint density at radius 2 is 1.89 bits per heavy atom. The van der Waals surface area contributed by atoms with Gasteiger partial charge in [-0.05, 0) is 43.9 Å². The molecule has 1 saturated heterocycles. The molecule has 144 valence electrons. The molecule has 0 bridgehead atoms. The molecule has 0 unspecified atom stereocenters. The number of carbonyl (C=O) groups excluding carboxylic acids is 1. The Labute approximate surface area is 161 Å². The maximum Gasteiger partial charge on any atom is 0.228 e. The summed E-state index contributed by atoms with van der Waals surface area (Å²) in [7, 11) is -3.44. The minimum Gasteiger partial charge on any atom is -0.326 e. The minimum absolute atomic E-state index is 0.0285. The third kappa shape index (κ3) is 4.96. The lowest BCUT2D eigenvalue weighted by Gasteiger charge is -2.31. The number of benzene rings is 2. The van der Waals surface area contributed by atoms with Gasteiger partial charge in [0.2, 0.25) is 15.9 Å². The standard InChI is InChI=1S/C21H26N2O3S/c1-16-10-11-20(17(2)13-16)22-21(24)19-9-6-12-23(14-19)27(25,26)15-18-7-4-3-5-8-18/h3-5,7-8,10-11,13,19H,6,9,12,14-15H2,1-2H3,(H,22,24)/t19-/m1/s1. The van der Waals surface area contributed by atoms with Crippen LogP contribution in [0.25, 0.3) is 0 Å². The van der Waals surface area contributed by atoms with Crippen molar-refractivity contribution in [3.05, 3.63) is 65.2 Å². The second-order valence-electron chi connectivity index (χ2n) is 7.25. The predicted octanol–water partition coefficient (Wildman–Crippen LogP) is 3.48. The average Bonchev–Trinajstić information content (AvgIpc) is 2.64. The molecule has 1 N–H and O–H groups in total. The first kappa shape index (κ1) is 19.6. The van der Waals surface area contributed by atoms with Gasteiger partial charge < -0.3 is 5.32 Å². The third-order valence-electron chi connectivity index (χ3n) is 4.98. The summed E-state index contributed by atoms with van der Waals surface area (Å²) in [5.41, 5.74) is 3.70. The summed E-state index contributed by atoms with van der Waals surface area (Å²) in [4.78, 5) is 12.7. The van der Waals surface area contributed by atoms with E-state index in [-0.39, 0.29) is 24.1 Å². The van der Waals surface area contributed by atoms with E-state index in [4.69, 9.17) is 0 Å². The Morgan fingerprint density at radius 1 is 1.15 bits per heavy atom. The molecule has 1 aliphatic heterocycles. The molecule has 0 radical (unpaired) electrons. The van der Waals surface area contributed by atoms with Gasteiger partial charge in [-0.3, -0.25) is 4.79 Å². The molecule has 0 aliphatic carbocycles. The predicted molar refractivity (Wildman–Crippen MR) is 108 cm³/mol. The van der Waals surface area contributed by atoms with Crippen molar-refractivity contribution >= 4 is 21.6 Å². The molecular formula is C21H26N2O3S. The Bertz CT molecular complexity index is 910. The molecule has 2 aromatic rings. The fourth-order valence-electron chi connectivity index (χ4n) is 3.47. The van der Waals surface area contributed by atoms with Crippen LogP contribution < -0.4 is 5.32 Å². The lowest BCUT2D eigenvalue weighted by molar-refractivity contribution is -0.120. The lowest BCUT2D eigenvalue weighted by atomic mass is 9.98. The average molecular weight is 387 g/mol. The van der Waals surface area contributed by atoms with Gasteiger partial charge in [0.05, 0.1) is 11.7 Å². The van der Waals surface area contributed by atoms with Gasteiger partial charge in [0.1, 0.15) is 0 Å². The van der Waals surface area contributed by atoms with Crippen molar-refractivity contribution in [2.45, 2.75) is 32.4 Å². The van der Waals surface area contributed by atoms with Crippen LogP contribution in [-0.2, 0) is 20.6 Å². The minimum atomic E-state index is -3.44. The lowest BCUT2D eigenvalue weighted by Crippen LogP contribution is -2.44. The Morgan fingerprint density at radius 3 is 2.59 bits per heavy atom. The number of amides is 1. The van der Waals surface area contributed by atoms with Gasteiger partial charge in [-0.2, -0.15) is 0 Å². The molecule has 3 rings (SSSR count). The fraction of sp³-hybridized carbons (Fsp3) is 0.381. The number of nitrogens with one attached hydrogen (secondary N) is 1. The van der Waals surface area contributed by atoms with Crippen molar-refractivity contribution in [1.29, 1.82) is 0 Å². The van der Waals surface area contributed by atoms with Crippen LogP contribution in [-0.4, -0.2) is 31.7 Å². The first-order chi connectivity index (χ1) is 12.8. The summed E-state index contributed by atoms with van der Waals surface area (Å²) in [5.74, 6) is -0.467. The number of carbonyl (C=O) groups is 1. The Balaban J connectivity index is 1.67. The molecular weight excluding hydrogens is 360 g/mol. The van der Waals surface area contributed by atoms with E-state index in [1.807, 2.05) is 62.4 Å². The number of aryl methyl sites for hydroxylation is 2. The topological polar surface area (TPSA) is 66.5 Å². The Kier molecular flexibility index (Phi) is 5.97. The van der Waals surface area contributed by atoms with E-state index in [1.54, 1.807) is 0 Å². The smallest absolute Gasteiger partial charge is 0.228 e. The van der Waals surface area contributed by atoms with Crippen molar-refractivity contribution in [1.82, 2.24) is 4.31 Å². The van der Waals surface area contributed by atoms with Gasteiger partial charge in [0, 0.05) is 18.8 Å². The molecule has 1 heterocycles. The van der Waals surface area contributed by atoms with Crippen LogP contribution in [0.5, 0.6) is 0 Å². The van der Waals surface area contributed by atoms with Crippen molar-refractivity contribution in [3.8, 4) is 0 Å². The zero-order valence-electron chi connectivity index (χ0n) is 15.8. The highest BCUT2D eigenvalue weighted by Crippen LogP contribution is 2.24. The first-order valence-electron chi connectivity index (χ1n) is 9.25. The second kappa shape index (κ2) is 8.23. The van der Waals surface area contributed by atoms with Crippen LogP contribution in [0.1, 0.15) is 29.5 Å².